The van der Waals surface area contributed by atoms with Crippen LogP contribution in [0.3, 0.4) is 0 Å². The van der Waals surface area contributed by atoms with Gasteiger partial charge in [-0.1, -0.05) is 0 Å². The Balaban J connectivity index is 3.00. The van der Waals surface area contributed by atoms with Crippen LogP contribution in [0.4, 0.5) is 5.82 Å². The van der Waals surface area contributed by atoms with E-state index >= 15 is 0 Å². The van der Waals surface area contributed by atoms with E-state index in [1.807, 2.05) is 41.5 Å². The highest BCUT2D eigenvalue weighted by atomic mass is 16.6. The van der Waals surface area contributed by atoms with Crippen molar-refractivity contribution in [3.05, 3.63) is 11.8 Å². The Hall–Kier alpha value is -1.52. The van der Waals surface area contributed by atoms with Crippen LogP contribution >= 0.6 is 0 Å². The van der Waals surface area contributed by atoms with Crippen LogP contribution in [-0.4, -0.2) is 21.4 Å². The van der Waals surface area contributed by atoms with Gasteiger partial charge in [0.05, 0.1) is 5.54 Å². The summed E-state index contributed by atoms with van der Waals surface area (Å²) in [6.45, 7) is 11.4. The average Bonchev–Trinajstić information content (AvgIpc) is 2.42. The minimum atomic E-state index is -0.534. The second-order valence-electron chi connectivity index (χ2n) is 6.05. The van der Waals surface area contributed by atoms with E-state index in [1.54, 1.807) is 10.9 Å². The van der Waals surface area contributed by atoms with Crippen molar-refractivity contribution in [2.75, 3.05) is 5.73 Å². The third-order valence-corrected chi connectivity index (χ3v) is 2.05. The lowest BCUT2D eigenvalue weighted by atomic mass is 10.1. The number of nitrogen functional groups attached to an aromatic ring is 1. The minimum absolute atomic E-state index is 0.203. The van der Waals surface area contributed by atoms with Gasteiger partial charge in [-0.2, -0.15) is 5.10 Å². The summed E-state index contributed by atoms with van der Waals surface area (Å²) >= 11 is 0. The molecule has 0 unspecified atom stereocenters. The molecule has 0 saturated heterocycles. The molecule has 0 saturated carbocycles. The van der Waals surface area contributed by atoms with Crippen molar-refractivity contribution in [3.63, 3.8) is 0 Å². The summed E-state index contributed by atoms with van der Waals surface area (Å²) in [6.07, 6.45) is 1.63. The Morgan fingerprint density at radius 1 is 1.29 bits per heavy atom. The van der Waals surface area contributed by atoms with E-state index < -0.39 is 11.6 Å². The van der Waals surface area contributed by atoms with E-state index in [9.17, 15) is 4.79 Å². The fourth-order valence-corrected chi connectivity index (χ4v) is 1.22. The van der Waals surface area contributed by atoms with Crippen molar-refractivity contribution in [1.29, 1.82) is 0 Å². The van der Waals surface area contributed by atoms with Gasteiger partial charge in [-0.25, -0.2) is 4.79 Å². The lowest BCUT2D eigenvalue weighted by molar-refractivity contribution is 0.00706. The second-order valence-corrected chi connectivity index (χ2v) is 6.05. The number of anilines is 1. The lowest BCUT2D eigenvalue weighted by Crippen LogP contribution is -2.24. The molecule has 1 aromatic heterocycles. The molecule has 0 aliphatic heterocycles. The molecule has 0 amide bonds. The maximum Gasteiger partial charge on any atom is 0.344 e. The highest BCUT2D eigenvalue weighted by Crippen LogP contribution is 2.20. The Morgan fingerprint density at radius 3 is 2.18 bits per heavy atom. The van der Waals surface area contributed by atoms with Crippen molar-refractivity contribution in [2.45, 2.75) is 52.7 Å². The number of ether oxygens (including phenoxy) is 1. The molecule has 1 rings (SSSR count). The molecule has 0 fully saturated rings. The molecule has 0 radical (unpaired) electrons. The van der Waals surface area contributed by atoms with Gasteiger partial charge in [0.2, 0.25) is 0 Å². The topological polar surface area (TPSA) is 70.1 Å². The van der Waals surface area contributed by atoms with E-state index in [0.29, 0.717) is 5.56 Å². The highest BCUT2D eigenvalue weighted by molar-refractivity contribution is 5.94. The molecular formula is C12H21N3O2. The predicted molar refractivity (Wildman–Crippen MR) is 66.8 cm³/mol. The summed E-state index contributed by atoms with van der Waals surface area (Å²) in [5, 5.41) is 4.13. The number of rotatable bonds is 1. The Kier molecular flexibility index (Phi) is 3.23. The minimum Gasteiger partial charge on any atom is -0.456 e. The summed E-state index contributed by atoms with van der Waals surface area (Å²) in [5.74, 6) is -0.236. The SMILES string of the molecule is CC(C)(C)OC(=O)c1cn(C(C)(C)C)nc1N. The zero-order valence-electron chi connectivity index (χ0n) is 11.4. The molecule has 1 aromatic rings. The molecule has 96 valence electrons. The van der Waals surface area contributed by atoms with Gasteiger partial charge in [0.25, 0.3) is 0 Å². The maximum atomic E-state index is 11.9. The Labute approximate surface area is 102 Å². The maximum absolute atomic E-state index is 11.9. The number of carbonyl (C=O) groups is 1. The van der Waals surface area contributed by atoms with Crippen molar-refractivity contribution in [2.24, 2.45) is 0 Å². The molecule has 0 aromatic carbocycles. The number of nitrogens with two attached hydrogens (primary N) is 1. The van der Waals surface area contributed by atoms with Crippen LogP contribution < -0.4 is 5.73 Å². The van der Waals surface area contributed by atoms with E-state index in [1.165, 1.54) is 0 Å². The van der Waals surface area contributed by atoms with E-state index in [-0.39, 0.29) is 11.4 Å². The summed E-state index contributed by atoms with van der Waals surface area (Å²) in [5.41, 5.74) is 5.29. The van der Waals surface area contributed by atoms with E-state index in [0.717, 1.165) is 0 Å². The van der Waals surface area contributed by atoms with Gasteiger partial charge >= 0.3 is 5.97 Å². The molecule has 0 atom stereocenters. The van der Waals surface area contributed by atoms with Crippen LogP contribution in [0.25, 0.3) is 0 Å². The van der Waals surface area contributed by atoms with Gasteiger partial charge in [-0.05, 0) is 41.5 Å². The number of esters is 1. The fraction of sp³-hybridized carbons (Fsp3) is 0.667. The van der Waals surface area contributed by atoms with Gasteiger partial charge in [-0.3, -0.25) is 4.68 Å². The zero-order chi connectivity index (χ0) is 13.4. The van der Waals surface area contributed by atoms with Crippen molar-refractivity contribution in [1.82, 2.24) is 9.78 Å². The first-order valence-electron chi connectivity index (χ1n) is 5.60. The monoisotopic (exact) mass is 239 g/mol. The summed E-state index contributed by atoms with van der Waals surface area (Å²) < 4.78 is 6.93. The van der Waals surface area contributed by atoms with Gasteiger partial charge in [-0.15, -0.1) is 0 Å². The molecule has 0 aliphatic rings. The Bertz CT molecular complexity index is 422. The number of hydrogen-bond acceptors (Lipinski definition) is 4. The van der Waals surface area contributed by atoms with Gasteiger partial charge in [0.15, 0.2) is 5.82 Å². The number of nitrogens with zero attached hydrogens (tertiary/aromatic N) is 2. The van der Waals surface area contributed by atoms with Crippen LogP contribution in [0.1, 0.15) is 51.9 Å². The average molecular weight is 239 g/mol. The van der Waals surface area contributed by atoms with Crippen LogP contribution in [0.15, 0.2) is 6.20 Å². The van der Waals surface area contributed by atoms with Gasteiger partial charge in [0, 0.05) is 6.20 Å². The fourth-order valence-electron chi connectivity index (χ4n) is 1.22. The molecule has 0 bridgehead atoms. The number of aromatic nitrogens is 2. The quantitative estimate of drug-likeness (QED) is 0.762. The third-order valence-electron chi connectivity index (χ3n) is 2.05. The Morgan fingerprint density at radius 2 is 1.82 bits per heavy atom. The van der Waals surface area contributed by atoms with Crippen molar-refractivity contribution in [3.8, 4) is 0 Å². The molecule has 1 heterocycles. The van der Waals surface area contributed by atoms with Crippen molar-refractivity contribution < 1.29 is 9.53 Å². The van der Waals surface area contributed by atoms with Gasteiger partial charge < -0.3 is 10.5 Å². The molecule has 0 spiro atoms. The first-order chi connectivity index (χ1) is 7.50. The van der Waals surface area contributed by atoms with Crippen LogP contribution in [0.5, 0.6) is 0 Å². The standard InChI is InChI=1S/C12H21N3O2/c1-11(2,3)15-7-8(9(13)14-15)10(16)17-12(4,5)6/h7H,1-6H3,(H2,13,14). The largest absolute Gasteiger partial charge is 0.456 e. The summed E-state index contributed by atoms with van der Waals surface area (Å²) in [7, 11) is 0. The normalized spacial score (nSPS) is 12.6. The van der Waals surface area contributed by atoms with Crippen molar-refractivity contribution >= 4 is 11.8 Å². The predicted octanol–water partition coefficient (Wildman–Crippen LogP) is 2.18. The van der Waals surface area contributed by atoms with Crippen LogP contribution in [-0.2, 0) is 10.3 Å². The molecule has 5 heteroatoms. The van der Waals surface area contributed by atoms with Crippen LogP contribution in [0.2, 0.25) is 0 Å². The zero-order valence-corrected chi connectivity index (χ0v) is 11.4. The lowest BCUT2D eigenvalue weighted by Gasteiger charge is -2.19. The van der Waals surface area contributed by atoms with Crippen LogP contribution in [0, 0.1) is 0 Å². The third kappa shape index (κ3) is 3.47. The van der Waals surface area contributed by atoms with Gasteiger partial charge in [0.1, 0.15) is 11.2 Å². The molecule has 2 N–H and O–H groups in total. The summed E-state index contributed by atoms with van der Waals surface area (Å²) in [6, 6.07) is 0. The number of carbonyl (C=O) groups excluding carboxylic acids is 1. The molecule has 0 aliphatic carbocycles. The highest BCUT2D eigenvalue weighted by Gasteiger charge is 2.24. The molecule has 5 nitrogen and oxygen atoms in total. The van der Waals surface area contributed by atoms with E-state index in [2.05, 4.69) is 5.10 Å². The smallest absolute Gasteiger partial charge is 0.344 e. The first kappa shape index (κ1) is 13.5. The first-order valence-corrected chi connectivity index (χ1v) is 5.60. The van der Waals surface area contributed by atoms with E-state index in [4.69, 9.17) is 10.5 Å². The second kappa shape index (κ2) is 4.05. The molecular weight excluding hydrogens is 218 g/mol. The number of hydrogen-bond donors (Lipinski definition) is 1. The molecule has 17 heavy (non-hydrogen) atoms. The summed E-state index contributed by atoms with van der Waals surface area (Å²) in [4.78, 5) is 11.9.